The first kappa shape index (κ1) is 32.5. The zero-order valence-electron chi connectivity index (χ0n) is 19.7. The largest absolute Gasteiger partial charge is 0.490 e. The monoisotopic (exact) mass is 567 g/mol. The number of aromatic nitrogens is 1. The van der Waals surface area contributed by atoms with Gasteiger partial charge in [0.05, 0.1) is 11.9 Å². The van der Waals surface area contributed by atoms with Crippen LogP contribution in [0.3, 0.4) is 0 Å². The highest BCUT2D eigenvalue weighted by atomic mass is 32.2. The number of methoxy groups -OCH3 is 1. The molecule has 0 bridgehead atoms. The van der Waals surface area contributed by atoms with Crippen molar-refractivity contribution in [2.75, 3.05) is 32.5 Å². The van der Waals surface area contributed by atoms with Gasteiger partial charge in [0.1, 0.15) is 0 Å². The quantitative estimate of drug-likeness (QED) is 0.513. The molecule has 2 aliphatic heterocycles. The lowest BCUT2D eigenvalue weighted by atomic mass is 9.91. The van der Waals surface area contributed by atoms with Gasteiger partial charge in [0.25, 0.3) is 0 Å². The van der Waals surface area contributed by atoms with Crippen molar-refractivity contribution in [3.05, 3.63) is 30.1 Å². The van der Waals surface area contributed by atoms with Gasteiger partial charge in [0, 0.05) is 57.6 Å². The first-order valence-corrected chi connectivity index (χ1v) is 12.3. The number of sulfonamides is 1. The summed E-state index contributed by atoms with van der Waals surface area (Å²) in [5.74, 6) is -5.11. The van der Waals surface area contributed by atoms with Gasteiger partial charge in [-0.1, -0.05) is 6.07 Å². The number of piperidine rings is 1. The average molecular weight is 568 g/mol. The highest BCUT2D eigenvalue weighted by molar-refractivity contribution is 7.89. The van der Waals surface area contributed by atoms with Crippen LogP contribution in [0.2, 0.25) is 0 Å². The maximum atomic E-state index is 12.4. The highest BCUT2D eigenvalue weighted by Gasteiger charge is 2.47. The van der Waals surface area contributed by atoms with Crippen LogP contribution < -0.4 is 0 Å². The van der Waals surface area contributed by atoms with Crippen molar-refractivity contribution in [1.29, 1.82) is 0 Å². The highest BCUT2D eigenvalue weighted by Crippen LogP contribution is 2.34. The van der Waals surface area contributed by atoms with Crippen LogP contribution in [0.1, 0.15) is 18.9 Å². The fourth-order valence-electron chi connectivity index (χ4n) is 3.88. The van der Waals surface area contributed by atoms with Crippen LogP contribution in [0.4, 0.5) is 26.3 Å². The van der Waals surface area contributed by atoms with Crippen molar-refractivity contribution in [3.63, 3.8) is 0 Å². The van der Waals surface area contributed by atoms with Crippen molar-refractivity contribution in [1.82, 2.24) is 14.2 Å². The Bertz CT molecular complexity index is 968. The van der Waals surface area contributed by atoms with Gasteiger partial charge in [-0.05, 0) is 25.0 Å². The molecular formula is C20H27F6N3O7S. The molecular weight excluding hydrogens is 540 g/mol. The zero-order valence-corrected chi connectivity index (χ0v) is 20.6. The van der Waals surface area contributed by atoms with Crippen molar-refractivity contribution >= 4 is 22.0 Å². The first-order valence-electron chi connectivity index (χ1n) is 10.7. The second kappa shape index (κ2) is 13.3. The van der Waals surface area contributed by atoms with E-state index in [1.54, 1.807) is 24.5 Å². The Morgan fingerprint density at radius 3 is 2.05 bits per heavy atom. The maximum absolute atomic E-state index is 12.4. The van der Waals surface area contributed by atoms with Gasteiger partial charge in [0.2, 0.25) is 10.0 Å². The summed E-state index contributed by atoms with van der Waals surface area (Å²) in [4.78, 5) is 24.3. The Balaban J connectivity index is 0.000000404. The van der Waals surface area contributed by atoms with E-state index in [0.717, 1.165) is 31.6 Å². The molecule has 2 aliphatic rings. The summed E-state index contributed by atoms with van der Waals surface area (Å²) in [6.45, 7) is 4.72. The number of ether oxygens (including phenoxy) is 1. The molecule has 1 aromatic rings. The van der Waals surface area contributed by atoms with E-state index in [1.165, 1.54) is 0 Å². The van der Waals surface area contributed by atoms with E-state index in [9.17, 15) is 34.8 Å². The molecule has 0 aliphatic carbocycles. The molecule has 3 rings (SSSR count). The normalized spacial score (nSPS) is 22.6. The molecule has 17 heteroatoms. The number of alkyl halides is 6. The first-order chi connectivity index (χ1) is 16.9. The van der Waals surface area contributed by atoms with Crippen molar-refractivity contribution < 1.29 is 59.3 Å². The van der Waals surface area contributed by atoms with Crippen LogP contribution in [0.25, 0.3) is 0 Å². The predicted octanol–water partition coefficient (Wildman–Crippen LogP) is 2.22. The fourth-order valence-corrected chi connectivity index (χ4v) is 5.23. The summed E-state index contributed by atoms with van der Waals surface area (Å²) in [6.07, 6.45) is -5.61. The maximum Gasteiger partial charge on any atom is 0.490 e. The van der Waals surface area contributed by atoms with E-state index < -0.39 is 34.3 Å². The minimum Gasteiger partial charge on any atom is -0.475 e. The molecule has 3 atom stereocenters. The Morgan fingerprint density at radius 1 is 1.11 bits per heavy atom. The molecule has 37 heavy (non-hydrogen) atoms. The third-order valence-electron chi connectivity index (χ3n) is 5.53. The smallest absolute Gasteiger partial charge is 0.475 e. The minimum atomic E-state index is -5.08. The number of fused-ring (bicyclic) bond motifs is 1. The van der Waals surface area contributed by atoms with Crippen LogP contribution >= 0.6 is 0 Å². The van der Waals surface area contributed by atoms with Gasteiger partial charge in [-0.2, -0.15) is 30.6 Å². The molecule has 0 saturated carbocycles. The summed E-state index contributed by atoms with van der Waals surface area (Å²) < 4.78 is 95.7. The molecule has 212 valence electrons. The van der Waals surface area contributed by atoms with E-state index in [0.29, 0.717) is 6.54 Å². The molecule has 2 fully saturated rings. The number of carboxylic acid groups (broad SMARTS) is 2. The van der Waals surface area contributed by atoms with Gasteiger partial charge in [0.15, 0.2) is 0 Å². The van der Waals surface area contributed by atoms with Gasteiger partial charge in [-0.3, -0.25) is 9.88 Å². The van der Waals surface area contributed by atoms with Gasteiger partial charge in [-0.15, -0.1) is 0 Å². The summed E-state index contributed by atoms with van der Waals surface area (Å²) >= 11 is 0. The van der Waals surface area contributed by atoms with E-state index in [2.05, 4.69) is 16.0 Å². The zero-order chi connectivity index (χ0) is 28.6. The second-order valence-electron chi connectivity index (χ2n) is 7.97. The molecule has 10 nitrogen and oxygen atoms in total. The molecule has 2 N–H and O–H groups in total. The number of carboxylic acids is 2. The number of halogens is 6. The Morgan fingerprint density at radius 2 is 1.65 bits per heavy atom. The average Bonchev–Trinajstić information content (AvgIpc) is 3.22. The summed E-state index contributed by atoms with van der Waals surface area (Å²) in [5.41, 5.74) is 1.16. The molecule has 3 heterocycles. The number of pyridine rings is 1. The van der Waals surface area contributed by atoms with Gasteiger partial charge in [-0.25, -0.2) is 18.0 Å². The number of rotatable bonds is 5. The summed E-state index contributed by atoms with van der Waals surface area (Å²) in [6, 6.07) is 4.02. The number of aliphatic carboxylic acids is 2. The molecule has 0 aromatic carbocycles. The molecule has 0 radical (unpaired) electrons. The fraction of sp³-hybridized carbons (Fsp3) is 0.650. The second-order valence-corrected chi connectivity index (χ2v) is 10.2. The lowest BCUT2D eigenvalue weighted by Gasteiger charge is -2.39. The van der Waals surface area contributed by atoms with Crippen LogP contribution in [0, 0.1) is 5.92 Å². The predicted molar refractivity (Wildman–Crippen MR) is 116 cm³/mol. The van der Waals surface area contributed by atoms with Crippen LogP contribution in [-0.2, 0) is 30.9 Å². The molecule has 1 aromatic heterocycles. The Labute approximate surface area is 208 Å². The van der Waals surface area contributed by atoms with E-state index in [-0.39, 0.29) is 23.8 Å². The van der Waals surface area contributed by atoms with Crippen LogP contribution in [0.15, 0.2) is 24.5 Å². The Kier molecular flexibility index (Phi) is 11.7. The number of hydrogen-bond donors (Lipinski definition) is 2. The third kappa shape index (κ3) is 10.1. The Hall–Kier alpha value is -2.50. The van der Waals surface area contributed by atoms with Crippen molar-refractivity contribution in [3.8, 4) is 0 Å². The molecule has 0 unspecified atom stereocenters. The van der Waals surface area contributed by atoms with Crippen molar-refractivity contribution in [2.45, 2.75) is 44.4 Å². The van der Waals surface area contributed by atoms with E-state index >= 15 is 0 Å². The van der Waals surface area contributed by atoms with E-state index in [4.69, 9.17) is 24.5 Å². The lowest BCUT2D eigenvalue weighted by molar-refractivity contribution is -0.193. The molecule has 2 saturated heterocycles. The molecule has 0 amide bonds. The lowest BCUT2D eigenvalue weighted by Crippen LogP contribution is -2.53. The van der Waals surface area contributed by atoms with Crippen molar-refractivity contribution in [2.24, 2.45) is 5.92 Å². The number of carbonyl (C=O) groups is 2. The van der Waals surface area contributed by atoms with Gasteiger partial charge < -0.3 is 14.9 Å². The number of likely N-dealkylation sites (tertiary alicyclic amines) is 1. The minimum absolute atomic E-state index is 0.0234. The topological polar surface area (TPSA) is 137 Å². The third-order valence-corrected chi connectivity index (χ3v) is 7.43. The standard InChI is InChI=1S/C16H25N3O3S.2C2HF3O2/c1-3-23(20,21)19-8-6-16(22-2)14-11-18(12-15(14)19)10-13-5-4-7-17-9-13;2*3-2(4,5)1(6)7/h4-5,7,9,14-16H,3,6,8,10-12H2,1-2H3;2*(H,6,7)/t14-,15+,16-;;/m0../s1. The molecule has 0 spiro atoms. The number of hydrogen-bond acceptors (Lipinski definition) is 7. The van der Waals surface area contributed by atoms with Crippen LogP contribution in [-0.4, -0.2) is 102 Å². The SMILES string of the molecule is CCS(=O)(=O)N1CC[C@H](OC)[C@H]2CN(Cc3cccnc3)C[C@H]21.O=C(O)C(F)(F)F.O=C(O)C(F)(F)F. The van der Waals surface area contributed by atoms with E-state index in [1.807, 2.05) is 12.3 Å². The number of nitrogens with zero attached hydrogens (tertiary/aromatic N) is 3. The van der Waals surface area contributed by atoms with Gasteiger partial charge >= 0.3 is 24.3 Å². The summed E-state index contributed by atoms with van der Waals surface area (Å²) in [5, 5.41) is 14.2. The summed E-state index contributed by atoms with van der Waals surface area (Å²) in [7, 11) is -1.43. The van der Waals surface area contributed by atoms with Crippen LogP contribution in [0.5, 0.6) is 0 Å².